The first kappa shape index (κ1) is 24.1. The number of halogens is 2. The van der Waals surface area contributed by atoms with Crippen molar-refractivity contribution in [2.45, 2.75) is 25.5 Å². The molecule has 3 aromatic carbocycles. The van der Waals surface area contributed by atoms with E-state index in [2.05, 4.69) is 20.8 Å². The van der Waals surface area contributed by atoms with Crippen molar-refractivity contribution in [1.29, 1.82) is 0 Å². The fourth-order valence-corrected chi connectivity index (χ4v) is 4.50. The Bertz CT molecular complexity index is 1310. The van der Waals surface area contributed by atoms with E-state index in [-0.39, 0.29) is 11.7 Å². The summed E-state index contributed by atoms with van der Waals surface area (Å²) in [6.07, 6.45) is 0. The van der Waals surface area contributed by atoms with Crippen molar-refractivity contribution in [1.82, 2.24) is 14.8 Å². The highest BCUT2D eigenvalue weighted by atomic mass is 35.5. The molecule has 2 N–H and O–H groups in total. The van der Waals surface area contributed by atoms with Crippen LogP contribution in [-0.2, 0) is 11.3 Å². The van der Waals surface area contributed by atoms with Crippen LogP contribution in [0.25, 0.3) is 5.69 Å². The lowest BCUT2D eigenvalue weighted by Crippen LogP contribution is -2.15. The Morgan fingerprint density at radius 3 is 2.24 bits per heavy atom. The summed E-state index contributed by atoms with van der Waals surface area (Å²) in [5.41, 5.74) is 4.35. The molecule has 9 heteroatoms. The molecule has 4 rings (SSSR count). The summed E-state index contributed by atoms with van der Waals surface area (Å²) >= 11 is 13.7. The summed E-state index contributed by atoms with van der Waals surface area (Å²) in [6.45, 7) is 4.28. The third-order valence-corrected chi connectivity index (χ3v) is 7.04. The molecule has 0 bridgehead atoms. The molecule has 0 aliphatic rings. The van der Waals surface area contributed by atoms with Gasteiger partial charge in [0.05, 0.1) is 12.3 Å². The van der Waals surface area contributed by atoms with Crippen molar-refractivity contribution in [3.05, 3.63) is 93.7 Å². The number of carbonyl (C=O) groups excluding carboxylic acids is 1. The first-order valence-electron chi connectivity index (χ1n) is 10.6. The predicted molar refractivity (Wildman–Crippen MR) is 140 cm³/mol. The number of carbonyl (C=O) groups is 1. The van der Waals surface area contributed by atoms with Crippen LogP contribution in [-0.4, -0.2) is 26.4 Å². The summed E-state index contributed by atoms with van der Waals surface area (Å²) in [5.74, 6) is 0.754. The van der Waals surface area contributed by atoms with Gasteiger partial charge in [-0.25, -0.2) is 0 Å². The van der Waals surface area contributed by atoms with Crippen LogP contribution >= 0.6 is 35.0 Å². The normalized spacial score (nSPS) is 10.8. The molecule has 1 heterocycles. The maximum atomic E-state index is 12.6. The Balaban J connectivity index is 1.52. The Hall–Kier alpha value is -3.00. The smallest absolute Gasteiger partial charge is 0.234 e. The van der Waals surface area contributed by atoms with Gasteiger partial charge >= 0.3 is 0 Å². The Labute approximate surface area is 212 Å². The molecular formula is C25H23Cl2N5OS. The minimum absolute atomic E-state index is 0.146. The summed E-state index contributed by atoms with van der Waals surface area (Å²) in [6, 6.07) is 21.0. The molecule has 174 valence electrons. The third kappa shape index (κ3) is 5.55. The molecular weight excluding hydrogens is 489 g/mol. The van der Waals surface area contributed by atoms with Crippen LogP contribution in [0, 0.1) is 13.8 Å². The molecule has 34 heavy (non-hydrogen) atoms. The van der Waals surface area contributed by atoms with E-state index in [4.69, 9.17) is 23.2 Å². The topological polar surface area (TPSA) is 71.8 Å². The van der Waals surface area contributed by atoms with Gasteiger partial charge in [-0.05, 0) is 61.4 Å². The van der Waals surface area contributed by atoms with Crippen LogP contribution in [0.4, 0.5) is 11.4 Å². The molecule has 1 aromatic heterocycles. The van der Waals surface area contributed by atoms with Crippen LogP contribution in [0.1, 0.15) is 17.0 Å². The molecule has 0 aliphatic carbocycles. The molecule has 0 saturated carbocycles. The van der Waals surface area contributed by atoms with Crippen molar-refractivity contribution < 1.29 is 4.79 Å². The molecule has 0 spiro atoms. The van der Waals surface area contributed by atoms with Crippen molar-refractivity contribution in [3.8, 4) is 5.69 Å². The lowest BCUT2D eigenvalue weighted by atomic mass is 10.2. The zero-order chi connectivity index (χ0) is 24.1. The second kappa shape index (κ2) is 11.0. The van der Waals surface area contributed by atoms with Gasteiger partial charge in [-0.2, -0.15) is 0 Å². The zero-order valence-corrected chi connectivity index (χ0v) is 21.0. The van der Waals surface area contributed by atoms with E-state index < -0.39 is 0 Å². The third-order valence-electron chi connectivity index (χ3n) is 5.29. The number of hydrogen-bond acceptors (Lipinski definition) is 5. The van der Waals surface area contributed by atoms with Crippen molar-refractivity contribution in [3.63, 3.8) is 0 Å². The number of aromatic nitrogens is 3. The van der Waals surface area contributed by atoms with E-state index in [1.165, 1.54) is 11.8 Å². The van der Waals surface area contributed by atoms with Crippen LogP contribution in [0.3, 0.4) is 0 Å². The first-order chi connectivity index (χ1) is 16.4. The zero-order valence-electron chi connectivity index (χ0n) is 18.7. The van der Waals surface area contributed by atoms with Gasteiger partial charge in [0.2, 0.25) is 5.91 Å². The van der Waals surface area contributed by atoms with E-state index in [1.54, 1.807) is 6.07 Å². The van der Waals surface area contributed by atoms with Crippen molar-refractivity contribution >= 4 is 52.2 Å². The largest absolute Gasteiger partial charge is 0.377 e. The number of nitrogens with zero attached hydrogens (tertiary/aromatic N) is 3. The summed E-state index contributed by atoms with van der Waals surface area (Å²) in [7, 11) is 0. The summed E-state index contributed by atoms with van der Waals surface area (Å²) < 4.78 is 1.95. The number of rotatable bonds is 8. The minimum atomic E-state index is -0.146. The maximum Gasteiger partial charge on any atom is 0.234 e. The minimum Gasteiger partial charge on any atom is -0.377 e. The van der Waals surface area contributed by atoms with E-state index >= 15 is 0 Å². The highest BCUT2D eigenvalue weighted by molar-refractivity contribution is 7.99. The number of thioether (sulfide) groups is 1. The van der Waals surface area contributed by atoms with Gasteiger partial charge in [-0.3, -0.25) is 9.36 Å². The molecule has 0 fully saturated rings. The van der Waals surface area contributed by atoms with Gasteiger partial charge in [-0.1, -0.05) is 65.3 Å². The standard InChI is InChI=1S/C25H23Cl2N5OS/c1-16-19(26)10-6-12-21(16)28-14-23-30-31-25(32(23)18-8-4-3-5-9-18)34-15-24(33)29-22-13-7-11-20(27)17(22)2/h3-13,28H,14-15H2,1-2H3,(H,29,33). The lowest BCUT2D eigenvalue weighted by molar-refractivity contribution is -0.113. The highest BCUT2D eigenvalue weighted by Gasteiger charge is 2.17. The fraction of sp³-hybridized carbons (Fsp3) is 0.160. The predicted octanol–water partition coefficient (Wildman–Crippen LogP) is 6.53. The van der Waals surface area contributed by atoms with Crippen molar-refractivity contribution in [2.75, 3.05) is 16.4 Å². The first-order valence-corrected chi connectivity index (χ1v) is 12.3. The number of amides is 1. The maximum absolute atomic E-state index is 12.6. The summed E-state index contributed by atoms with van der Waals surface area (Å²) in [5, 5.41) is 17.0. The molecule has 4 aromatic rings. The van der Waals surface area contributed by atoms with Crippen LogP contribution in [0.5, 0.6) is 0 Å². The number of anilines is 2. The number of para-hydroxylation sites is 1. The van der Waals surface area contributed by atoms with Crippen LogP contribution in [0.15, 0.2) is 71.9 Å². The van der Waals surface area contributed by atoms with Gasteiger partial charge in [-0.15, -0.1) is 10.2 Å². The molecule has 0 atom stereocenters. The van der Waals surface area contributed by atoms with Crippen LogP contribution < -0.4 is 10.6 Å². The fourth-order valence-electron chi connectivity index (χ4n) is 3.38. The molecule has 0 radical (unpaired) electrons. The lowest BCUT2D eigenvalue weighted by Gasteiger charge is -2.13. The average molecular weight is 512 g/mol. The number of nitrogens with one attached hydrogen (secondary N) is 2. The van der Waals surface area contributed by atoms with Gasteiger partial charge < -0.3 is 10.6 Å². The van der Waals surface area contributed by atoms with E-state index in [1.807, 2.05) is 79.1 Å². The van der Waals surface area contributed by atoms with Crippen molar-refractivity contribution in [2.24, 2.45) is 0 Å². The number of benzene rings is 3. The Kier molecular flexibility index (Phi) is 7.77. The van der Waals surface area contributed by atoms with E-state index in [0.29, 0.717) is 27.4 Å². The Morgan fingerprint density at radius 1 is 0.882 bits per heavy atom. The second-order valence-corrected chi connectivity index (χ2v) is 9.34. The second-order valence-electron chi connectivity index (χ2n) is 7.58. The van der Waals surface area contributed by atoms with Gasteiger partial charge in [0.1, 0.15) is 0 Å². The molecule has 1 amide bonds. The van der Waals surface area contributed by atoms with Crippen LogP contribution in [0.2, 0.25) is 10.0 Å². The van der Waals surface area contributed by atoms with Gasteiger partial charge in [0.15, 0.2) is 11.0 Å². The Morgan fingerprint density at radius 2 is 1.53 bits per heavy atom. The summed E-state index contributed by atoms with van der Waals surface area (Å²) in [4.78, 5) is 12.6. The average Bonchev–Trinajstić information content (AvgIpc) is 3.25. The van der Waals surface area contributed by atoms with E-state index in [0.717, 1.165) is 28.3 Å². The number of hydrogen-bond donors (Lipinski definition) is 2. The molecule has 6 nitrogen and oxygen atoms in total. The van der Waals surface area contributed by atoms with Gasteiger partial charge in [0.25, 0.3) is 0 Å². The monoisotopic (exact) mass is 511 g/mol. The highest BCUT2D eigenvalue weighted by Crippen LogP contribution is 2.27. The molecule has 0 unspecified atom stereocenters. The molecule has 0 aliphatic heterocycles. The molecule has 0 saturated heterocycles. The van der Waals surface area contributed by atoms with Gasteiger partial charge in [0, 0.05) is 27.1 Å². The quantitative estimate of drug-likeness (QED) is 0.263. The van der Waals surface area contributed by atoms with E-state index in [9.17, 15) is 4.79 Å². The SMILES string of the molecule is Cc1c(Cl)cccc1NCc1nnc(SCC(=O)Nc2cccc(Cl)c2C)n1-c1ccccc1.